The standard InChI is InChI=1S/C8H19NO/c1-6(10)5-8(3,4)7(2)9/h6-7,10H,5,9H2,1-4H3/t6-,7-/m0/s1. The zero-order chi connectivity index (χ0) is 8.36. The monoisotopic (exact) mass is 145 g/mol. The molecule has 0 heterocycles. The van der Waals surface area contributed by atoms with Crippen molar-refractivity contribution < 1.29 is 5.11 Å². The summed E-state index contributed by atoms with van der Waals surface area (Å²) in [5.41, 5.74) is 5.76. The molecule has 0 aliphatic carbocycles. The third-order valence-corrected chi connectivity index (χ3v) is 2.05. The van der Waals surface area contributed by atoms with Gasteiger partial charge in [0.05, 0.1) is 6.10 Å². The van der Waals surface area contributed by atoms with Gasteiger partial charge in [-0.2, -0.15) is 0 Å². The number of rotatable bonds is 3. The van der Waals surface area contributed by atoms with E-state index in [2.05, 4.69) is 13.8 Å². The Morgan fingerprint density at radius 1 is 1.40 bits per heavy atom. The predicted molar refractivity (Wildman–Crippen MR) is 43.7 cm³/mol. The van der Waals surface area contributed by atoms with Crippen LogP contribution < -0.4 is 5.73 Å². The Balaban J connectivity index is 3.87. The Morgan fingerprint density at radius 2 is 1.80 bits per heavy atom. The summed E-state index contributed by atoms with van der Waals surface area (Å²) in [5.74, 6) is 0. The molecule has 0 saturated heterocycles. The molecule has 2 nitrogen and oxygen atoms in total. The second-order valence-electron chi connectivity index (χ2n) is 3.83. The van der Waals surface area contributed by atoms with E-state index in [1.807, 2.05) is 6.92 Å². The first kappa shape index (κ1) is 9.92. The lowest BCUT2D eigenvalue weighted by Crippen LogP contribution is -2.36. The summed E-state index contributed by atoms with van der Waals surface area (Å²) in [7, 11) is 0. The molecule has 0 amide bonds. The van der Waals surface area contributed by atoms with Gasteiger partial charge in [-0.1, -0.05) is 13.8 Å². The van der Waals surface area contributed by atoms with Crippen LogP contribution in [0.15, 0.2) is 0 Å². The second kappa shape index (κ2) is 3.35. The Labute approximate surface area is 63.4 Å². The fourth-order valence-corrected chi connectivity index (χ4v) is 0.947. The fraction of sp³-hybridized carbons (Fsp3) is 1.00. The number of hydrogen-bond acceptors (Lipinski definition) is 2. The van der Waals surface area contributed by atoms with Gasteiger partial charge < -0.3 is 10.8 Å². The maximum atomic E-state index is 9.08. The molecule has 2 heteroatoms. The van der Waals surface area contributed by atoms with Crippen LogP contribution in [0, 0.1) is 5.41 Å². The van der Waals surface area contributed by atoms with Gasteiger partial charge in [0.15, 0.2) is 0 Å². The van der Waals surface area contributed by atoms with Gasteiger partial charge in [-0.15, -0.1) is 0 Å². The van der Waals surface area contributed by atoms with Crippen molar-refractivity contribution in [2.24, 2.45) is 11.1 Å². The van der Waals surface area contributed by atoms with Crippen LogP contribution >= 0.6 is 0 Å². The average molecular weight is 145 g/mol. The highest BCUT2D eigenvalue weighted by molar-refractivity contribution is 4.79. The van der Waals surface area contributed by atoms with Gasteiger partial charge in [-0.25, -0.2) is 0 Å². The minimum absolute atomic E-state index is 0.0498. The Morgan fingerprint density at radius 3 is 1.90 bits per heavy atom. The van der Waals surface area contributed by atoms with Crippen LogP contribution in [-0.2, 0) is 0 Å². The normalized spacial score (nSPS) is 18.6. The van der Waals surface area contributed by atoms with E-state index in [-0.39, 0.29) is 17.6 Å². The highest BCUT2D eigenvalue weighted by Gasteiger charge is 2.24. The molecule has 0 spiro atoms. The second-order valence-corrected chi connectivity index (χ2v) is 3.83. The quantitative estimate of drug-likeness (QED) is 0.625. The number of nitrogens with two attached hydrogens (primary N) is 1. The van der Waals surface area contributed by atoms with E-state index < -0.39 is 0 Å². The molecule has 0 rings (SSSR count). The summed E-state index contributed by atoms with van der Waals surface area (Å²) >= 11 is 0. The van der Waals surface area contributed by atoms with E-state index >= 15 is 0 Å². The zero-order valence-electron chi connectivity index (χ0n) is 7.39. The van der Waals surface area contributed by atoms with Crippen molar-refractivity contribution in [3.8, 4) is 0 Å². The molecule has 0 aromatic carbocycles. The third-order valence-electron chi connectivity index (χ3n) is 2.05. The number of aliphatic hydroxyl groups excluding tert-OH is 1. The summed E-state index contributed by atoms with van der Waals surface area (Å²) < 4.78 is 0. The Bertz CT molecular complexity index is 97.4. The third kappa shape index (κ3) is 3.18. The van der Waals surface area contributed by atoms with Crippen molar-refractivity contribution in [1.29, 1.82) is 0 Å². The molecule has 0 aliphatic rings. The van der Waals surface area contributed by atoms with Crippen molar-refractivity contribution in [2.75, 3.05) is 0 Å². The molecule has 0 saturated carbocycles. The minimum atomic E-state index is -0.249. The van der Waals surface area contributed by atoms with Crippen LogP contribution in [0.5, 0.6) is 0 Å². The molecule has 62 valence electrons. The van der Waals surface area contributed by atoms with E-state index in [4.69, 9.17) is 10.8 Å². The minimum Gasteiger partial charge on any atom is -0.393 e. The largest absolute Gasteiger partial charge is 0.393 e. The van der Waals surface area contributed by atoms with Crippen molar-refractivity contribution in [2.45, 2.75) is 46.3 Å². The van der Waals surface area contributed by atoms with Crippen molar-refractivity contribution in [3.63, 3.8) is 0 Å². The molecule has 3 N–H and O–H groups in total. The SMILES string of the molecule is C[C@H](O)CC(C)(C)[C@H](C)N. The molecule has 0 unspecified atom stereocenters. The molecule has 0 radical (unpaired) electrons. The molecule has 0 fully saturated rings. The van der Waals surface area contributed by atoms with Gasteiger partial charge in [0.25, 0.3) is 0 Å². The van der Waals surface area contributed by atoms with Gasteiger partial charge in [0.2, 0.25) is 0 Å². The van der Waals surface area contributed by atoms with Crippen LogP contribution in [0.3, 0.4) is 0 Å². The Hall–Kier alpha value is -0.0800. The smallest absolute Gasteiger partial charge is 0.0517 e. The van der Waals surface area contributed by atoms with Gasteiger partial charge >= 0.3 is 0 Å². The lowest BCUT2D eigenvalue weighted by molar-refractivity contribution is 0.117. The summed E-state index contributed by atoms with van der Waals surface area (Å²) in [6.45, 7) is 7.92. The van der Waals surface area contributed by atoms with Crippen molar-refractivity contribution in [1.82, 2.24) is 0 Å². The molecule has 0 bridgehead atoms. The first-order valence-electron chi connectivity index (χ1n) is 3.80. The fourth-order valence-electron chi connectivity index (χ4n) is 0.947. The first-order valence-corrected chi connectivity index (χ1v) is 3.80. The highest BCUT2D eigenvalue weighted by Crippen LogP contribution is 2.24. The van der Waals surface area contributed by atoms with Crippen LogP contribution in [0.1, 0.15) is 34.1 Å². The molecule has 10 heavy (non-hydrogen) atoms. The van der Waals surface area contributed by atoms with E-state index in [1.54, 1.807) is 6.92 Å². The van der Waals surface area contributed by atoms with Crippen LogP contribution in [0.4, 0.5) is 0 Å². The lowest BCUT2D eigenvalue weighted by atomic mass is 9.81. The van der Waals surface area contributed by atoms with Crippen LogP contribution in [0.2, 0.25) is 0 Å². The molecular weight excluding hydrogens is 126 g/mol. The highest BCUT2D eigenvalue weighted by atomic mass is 16.3. The maximum Gasteiger partial charge on any atom is 0.0517 e. The lowest BCUT2D eigenvalue weighted by Gasteiger charge is -2.30. The molecule has 0 aromatic rings. The van der Waals surface area contributed by atoms with Gasteiger partial charge in [-0.3, -0.25) is 0 Å². The van der Waals surface area contributed by atoms with Gasteiger partial charge in [0, 0.05) is 6.04 Å². The summed E-state index contributed by atoms with van der Waals surface area (Å²) in [6, 6.07) is 0.141. The van der Waals surface area contributed by atoms with E-state index in [9.17, 15) is 0 Å². The summed E-state index contributed by atoms with van der Waals surface area (Å²) in [6.07, 6.45) is 0.519. The van der Waals surface area contributed by atoms with E-state index in [0.717, 1.165) is 6.42 Å². The van der Waals surface area contributed by atoms with Crippen molar-refractivity contribution >= 4 is 0 Å². The predicted octanol–water partition coefficient (Wildman–Crippen LogP) is 1.13. The Kier molecular flexibility index (Phi) is 3.33. The van der Waals surface area contributed by atoms with Crippen molar-refractivity contribution in [3.05, 3.63) is 0 Å². The van der Waals surface area contributed by atoms with E-state index in [0.29, 0.717) is 0 Å². The van der Waals surface area contributed by atoms with Gasteiger partial charge in [-0.05, 0) is 25.7 Å². The molecule has 0 aliphatic heterocycles. The number of hydrogen-bond donors (Lipinski definition) is 2. The molecule has 0 aromatic heterocycles. The average Bonchev–Trinajstić information content (AvgIpc) is 1.60. The summed E-state index contributed by atoms with van der Waals surface area (Å²) in [4.78, 5) is 0. The topological polar surface area (TPSA) is 46.2 Å². The first-order chi connectivity index (χ1) is 4.36. The molecule has 2 atom stereocenters. The van der Waals surface area contributed by atoms with Gasteiger partial charge in [0.1, 0.15) is 0 Å². The zero-order valence-corrected chi connectivity index (χ0v) is 7.39. The number of aliphatic hydroxyl groups is 1. The molecular formula is C8H19NO. The summed E-state index contributed by atoms with van der Waals surface area (Å²) in [5, 5.41) is 9.08. The van der Waals surface area contributed by atoms with Crippen LogP contribution in [-0.4, -0.2) is 17.3 Å². The van der Waals surface area contributed by atoms with E-state index in [1.165, 1.54) is 0 Å². The van der Waals surface area contributed by atoms with Crippen LogP contribution in [0.25, 0.3) is 0 Å². The maximum absolute atomic E-state index is 9.08.